The number of nitrogens with zero attached hydrogens (tertiary/aromatic N) is 3. The normalized spacial score (nSPS) is 10.3. The van der Waals surface area contributed by atoms with E-state index in [4.69, 9.17) is 16.3 Å². The fraction of sp³-hybridized carbons (Fsp3) is 0.0909. The molecule has 0 unspecified atom stereocenters. The highest BCUT2D eigenvalue weighted by Gasteiger charge is 2.19. The van der Waals surface area contributed by atoms with Crippen LogP contribution in [0.4, 0.5) is 10.1 Å². The smallest absolute Gasteiger partial charge is 0.349 e. The van der Waals surface area contributed by atoms with Crippen molar-refractivity contribution in [3.8, 4) is 11.6 Å². The van der Waals surface area contributed by atoms with Crippen LogP contribution in [-0.4, -0.2) is 14.9 Å². The second kappa shape index (κ2) is 5.15. The largest absolute Gasteiger partial charge is 0.433 e. The minimum atomic E-state index is -0.712. The first-order valence-corrected chi connectivity index (χ1v) is 5.46. The molecule has 2 aromatic rings. The Balaban J connectivity index is 2.39. The lowest BCUT2D eigenvalue weighted by atomic mass is 10.2. The van der Waals surface area contributed by atoms with Gasteiger partial charge in [0.2, 0.25) is 5.28 Å². The third-order valence-electron chi connectivity index (χ3n) is 2.26. The number of aryl methyl sites for hydroxylation is 1. The summed E-state index contributed by atoms with van der Waals surface area (Å²) in [6.45, 7) is 1.59. The molecule has 1 aromatic carbocycles. The van der Waals surface area contributed by atoms with Gasteiger partial charge in [-0.1, -0.05) is 6.07 Å². The molecule has 98 valence electrons. The van der Waals surface area contributed by atoms with Gasteiger partial charge in [-0.05, 0) is 30.2 Å². The lowest BCUT2D eigenvalue weighted by Gasteiger charge is -2.06. The maximum absolute atomic E-state index is 13.3. The quantitative estimate of drug-likeness (QED) is 0.491. The molecule has 1 aromatic heterocycles. The minimum absolute atomic E-state index is 0.0842. The number of rotatable bonds is 3. The van der Waals surface area contributed by atoms with Crippen molar-refractivity contribution < 1.29 is 14.1 Å². The molecule has 19 heavy (non-hydrogen) atoms. The summed E-state index contributed by atoms with van der Waals surface area (Å²) in [5, 5.41) is 10.6. The zero-order valence-electron chi connectivity index (χ0n) is 9.63. The van der Waals surface area contributed by atoms with E-state index in [1.54, 1.807) is 6.92 Å². The molecule has 0 spiro atoms. The Morgan fingerprint density at radius 2 is 2.21 bits per heavy atom. The van der Waals surface area contributed by atoms with Crippen molar-refractivity contribution in [1.29, 1.82) is 0 Å². The Labute approximate surface area is 112 Å². The molecule has 0 saturated carbocycles. The van der Waals surface area contributed by atoms with Crippen LogP contribution in [0.15, 0.2) is 24.4 Å². The maximum atomic E-state index is 13.3. The standard InChI is InChI=1S/C11H7ClFN3O3/c1-6-2-3-7(4-8(6)13)19-10-9(16(17)18)5-14-11(12)15-10/h2-5H,1H3. The van der Waals surface area contributed by atoms with Gasteiger partial charge in [0.05, 0.1) is 4.92 Å². The van der Waals surface area contributed by atoms with Crippen LogP contribution in [0.5, 0.6) is 11.6 Å². The molecule has 6 nitrogen and oxygen atoms in total. The first-order valence-electron chi connectivity index (χ1n) is 5.08. The minimum Gasteiger partial charge on any atom is -0.433 e. The molecule has 0 bridgehead atoms. The highest BCUT2D eigenvalue weighted by Crippen LogP contribution is 2.30. The average Bonchev–Trinajstić information content (AvgIpc) is 2.33. The molecule has 0 N–H and O–H groups in total. The Hall–Kier alpha value is -2.28. The van der Waals surface area contributed by atoms with Crippen LogP contribution < -0.4 is 4.74 Å². The highest BCUT2D eigenvalue weighted by atomic mass is 35.5. The van der Waals surface area contributed by atoms with Crippen LogP contribution in [0.25, 0.3) is 0 Å². The molecule has 2 rings (SSSR count). The summed E-state index contributed by atoms with van der Waals surface area (Å²) in [7, 11) is 0. The second-order valence-electron chi connectivity index (χ2n) is 3.60. The molecular formula is C11H7ClFN3O3. The van der Waals surface area contributed by atoms with E-state index in [9.17, 15) is 14.5 Å². The van der Waals surface area contributed by atoms with Crippen molar-refractivity contribution in [1.82, 2.24) is 9.97 Å². The van der Waals surface area contributed by atoms with E-state index in [1.807, 2.05) is 0 Å². The lowest BCUT2D eigenvalue weighted by molar-refractivity contribution is -0.386. The van der Waals surface area contributed by atoms with Gasteiger partial charge in [-0.25, -0.2) is 9.37 Å². The zero-order chi connectivity index (χ0) is 14.0. The summed E-state index contributed by atoms with van der Waals surface area (Å²) < 4.78 is 18.5. The van der Waals surface area contributed by atoms with Gasteiger partial charge < -0.3 is 4.74 Å². The molecule has 8 heteroatoms. The van der Waals surface area contributed by atoms with Gasteiger partial charge in [-0.15, -0.1) is 0 Å². The summed E-state index contributed by atoms with van der Waals surface area (Å²) in [6.07, 6.45) is 0.926. The van der Waals surface area contributed by atoms with Crippen LogP contribution in [0.3, 0.4) is 0 Å². The number of hydrogen-bond acceptors (Lipinski definition) is 5. The second-order valence-corrected chi connectivity index (χ2v) is 3.94. The van der Waals surface area contributed by atoms with E-state index in [2.05, 4.69) is 9.97 Å². The van der Waals surface area contributed by atoms with Crippen LogP contribution in [0, 0.1) is 22.9 Å². The Kier molecular flexibility index (Phi) is 3.57. The topological polar surface area (TPSA) is 78.2 Å². The van der Waals surface area contributed by atoms with Crippen molar-refractivity contribution in [2.24, 2.45) is 0 Å². The fourth-order valence-corrected chi connectivity index (χ4v) is 1.41. The maximum Gasteiger partial charge on any atom is 0.349 e. The zero-order valence-corrected chi connectivity index (χ0v) is 10.4. The summed E-state index contributed by atoms with van der Waals surface area (Å²) in [4.78, 5) is 17.2. The first-order chi connectivity index (χ1) is 8.97. The van der Waals surface area contributed by atoms with Gasteiger partial charge in [0, 0.05) is 6.07 Å². The predicted octanol–water partition coefficient (Wildman–Crippen LogP) is 3.28. The SMILES string of the molecule is Cc1ccc(Oc2nc(Cl)ncc2[N+](=O)[O-])cc1F. The predicted molar refractivity (Wildman–Crippen MR) is 64.9 cm³/mol. The van der Waals surface area contributed by atoms with Gasteiger partial charge in [-0.3, -0.25) is 10.1 Å². The lowest BCUT2D eigenvalue weighted by Crippen LogP contribution is -1.98. The van der Waals surface area contributed by atoms with Gasteiger partial charge in [0.25, 0.3) is 0 Å². The van der Waals surface area contributed by atoms with E-state index in [0.29, 0.717) is 5.56 Å². The van der Waals surface area contributed by atoms with Crippen LogP contribution >= 0.6 is 11.6 Å². The first kappa shape index (κ1) is 13.2. The summed E-state index contributed by atoms with van der Waals surface area (Å²) >= 11 is 5.55. The van der Waals surface area contributed by atoms with E-state index < -0.39 is 16.4 Å². The van der Waals surface area contributed by atoms with Crippen LogP contribution in [0.2, 0.25) is 5.28 Å². The van der Waals surface area contributed by atoms with Crippen molar-refractivity contribution in [2.45, 2.75) is 6.92 Å². The van der Waals surface area contributed by atoms with Crippen molar-refractivity contribution in [2.75, 3.05) is 0 Å². The van der Waals surface area contributed by atoms with Crippen molar-refractivity contribution in [3.63, 3.8) is 0 Å². The summed E-state index contributed by atoms with van der Waals surface area (Å²) in [5.74, 6) is -0.741. The van der Waals surface area contributed by atoms with Gasteiger partial charge in [0.15, 0.2) is 0 Å². The van der Waals surface area contributed by atoms with Gasteiger partial charge in [-0.2, -0.15) is 4.98 Å². The Morgan fingerprint density at radius 1 is 1.47 bits per heavy atom. The van der Waals surface area contributed by atoms with E-state index in [1.165, 1.54) is 12.1 Å². The van der Waals surface area contributed by atoms with Gasteiger partial charge >= 0.3 is 11.6 Å². The molecule has 0 aliphatic heterocycles. The van der Waals surface area contributed by atoms with Gasteiger partial charge in [0.1, 0.15) is 17.8 Å². The number of hydrogen-bond donors (Lipinski definition) is 0. The third-order valence-corrected chi connectivity index (χ3v) is 2.44. The van der Waals surface area contributed by atoms with Crippen LogP contribution in [0.1, 0.15) is 5.56 Å². The Bertz CT molecular complexity index is 651. The van der Waals surface area contributed by atoms with E-state index in [-0.39, 0.29) is 16.9 Å². The molecule has 0 amide bonds. The number of benzene rings is 1. The molecule has 0 aliphatic rings. The van der Waals surface area contributed by atoms with Crippen LogP contribution in [-0.2, 0) is 0 Å². The number of halogens is 2. The van der Waals surface area contributed by atoms with E-state index >= 15 is 0 Å². The van der Waals surface area contributed by atoms with E-state index in [0.717, 1.165) is 12.3 Å². The molecular weight excluding hydrogens is 277 g/mol. The molecule has 0 fully saturated rings. The molecule has 0 atom stereocenters. The monoisotopic (exact) mass is 283 g/mol. The molecule has 0 aliphatic carbocycles. The Morgan fingerprint density at radius 3 is 2.84 bits per heavy atom. The fourth-order valence-electron chi connectivity index (χ4n) is 1.29. The van der Waals surface area contributed by atoms with Crippen molar-refractivity contribution >= 4 is 17.3 Å². The highest BCUT2D eigenvalue weighted by molar-refractivity contribution is 6.28. The third kappa shape index (κ3) is 2.94. The molecule has 0 saturated heterocycles. The number of aromatic nitrogens is 2. The molecule has 0 radical (unpaired) electrons. The number of nitro groups is 1. The summed E-state index contributed by atoms with van der Waals surface area (Å²) in [6, 6.07) is 4.06. The summed E-state index contributed by atoms with van der Waals surface area (Å²) in [5.41, 5.74) is -0.0204. The molecule has 1 heterocycles. The van der Waals surface area contributed by atoms with Crippen molar-refractivity contribution in [3.05, 3.63) is 51.2 Å². The average molecular weight is 284 g/mol. The number of ether oxygens (including phenoxy) is 1.